The van der Waals surface area contributed by atoms with Gasteiger partial charge in [-0.2, -0.15) is 0 Å². The lowest BCUT2D eigenvalue weighted by molar-refractivity contribution is -0.0174. The van der Waals surface area contributed by atoms with Gasteiger partial charge in [-0.1, -0.05) is 13.8 Å². The molecule has 1 aliphatic rings. The molecule has 0 saturated carbocycles. The Morgan fingerprint density at radius 2 is 2.00 bits per heavy atom. The summed E-state index contributed by atoms with van der Waals surface area (Å²) in [5.74, 6) is 1.48. The van der Waals surface area contributed by atoms with Crippen LogP contribution in [0, 0.1) is 5.92 Å². The standard InChI is InChI=1S/C15H32N4O.HI/c1-11(2)14(5)18-15(16-6)17-9-12(3)19-7-8-20-10-13(19)4;/h11-14H,7-10H2,1-6H3,(H2,16,17,18);1H. The summed E-state index contributed by atoms with van der Waals surface area (Å²) in [7, 11) is 1.82. The number of aliphatic imine (C=N–C) groups is 1. The largest absolute Gasteiger partial charge is 0.379 e. The van der Waals surface area contributed by atoms with Crippen LogP contribution in [0.1, 0.15) is 34.6 Å². The van der Waals surface area contributed by atoms with Crippen LogP contribution in [0.25, 0.3) is 0 Å². The van der Waals surface area contributed by atoms with Crippen LogP contribution >= 0.6 is 24.0 Å². The monoisotopic (exact) mass is 412 g/mol. The quantitative estimate of drug-likeness (QED) is 0.412. The third-order valence-electron chi connectivity index (χ3n) is 4.14. The molecule has 0 spiro atoms. The van der Waals surface area contributed by atoms with Crippen molar-refractivity contribution in [1.29, 1.82) is 0 Å². The summed E-state index contributed by atoms with van der Waals surface area (Å²) >= 11 is 0. The molecule has 5 nitrogen and oxygen atoms in total. The summed E-state index contributed by atoms with van der Waals surface area (Å²) in [6.45, 7) is 14.7. The summed E-state index contributed by atoms with van der Waals surface area (Å²) in [5.41, 5.74) is 0. The van der Waals surface area contributed by atoms with E-state index in [-0.39, 0.29) is 24.0 Å². The zero-order valence-corrected chi connectivity index (χ0v) is 16.7. The van der Waals surface area contributed by atoms with E-state index in [0.29, 0.717) is 24.0 Å². The number of ether oxygens (including phenoxy) is 1. The van der Waals surface area contributed by atoms with E-state index < -0.39 is 0 Å². The summed E-state index contributed by atoms with van der Waals surface area (Å²) < 4.78 is 5.49. The number of nitrogens with one attached hydrogen (secondary N) is 2. The number of morpholine rings is 1. The fourth-order valence-corrected chi connectivity index (χ4v) is 2.33. The molecule has 0 amide bonds. The number of halogens is 1. The van der Waals surface area contributed by atoms with Gasteiger partial charge in [-0.3, -0.25) is 9.89 Å². The molecule has 3 unspecified atom stereocenters. The zero-order chi connectivity index (χ0) is 15.1. The first kappa shape index (κ1) is 20.9. The van der Waals surface area contributed by atoms with Gasteiger partial charge in [-0.25, -0.2) is 0 Å². The normalized spacial score (nSPS) is 23.4. The lowest BCUT2D eigenvalue weighted by atomic mass is 10.1. The molecular weight excluding hydrogens is 379 g/mol. The number of guanidine groups is 1. The molecule has 0 aromatic carbocycles. The fraction of sp³-hybridized carbons (Fsp3) is 0.933. The summed E-state index contributed by atoms with van der Waals surface area (Å²) in [6.07, 6.45) is 0. The Hall–Kier alpha value is -0.0800. The van der Waals surface area contributed by atoms with Gasteiger partial charge < -0.3 is 15.4 Å². The molecule has 126 valence electrons. The van der Waals surface area contributed by atoms with E-state index in [1.807, 2.05) is 7.05 Å². The minimum Gasteiger partial charge on any atom is -0.379 e. The van der Waals surface area contributed by atoms with E-state index >= 15 is 0 Å². The van der Waals surface area contributed by atoms with Crippen molar-refractivity contribution in [3.05, 3.63) is 0 Å². The summed E-state index contributed by atoms with van der Waals surface area (Å²) in [6, 6.07) is 1.38. The topological polar surface area (TPSA) is 48.9 Å². The van der Waals surface area contributed by atoms with E-state index in [4.69, 9.17) is 4.74 Å². The average molecular weight is 412 g/mol. The number of rotatable bonds is 5. The SMILES string of the molecule is CN=C(NCC(C)N1CCOCC1C)NC(C)C(C)C.I. The van der Waals surface area contributed by atoms with Crippen LogP contribution in [-0.4, -0.2) is 62.3 Å². The number of hydrogen-bond donors (Lipinski definition) is 2. The van der Waals surface area contributed by atoms with Gasteiger partial charge in [0.05, 0.1) is 13.2 Å². The van der Waals surface area contributed by atoms with Crippen LogP contribution in [0.2, 0.25) is 0 Å². The van der Waals surface area contributed by atoms with E-state index in [0.717, 1.165) is 32.3 Å². The Labute approximate surface area is 147 Å². The van der Waals surface area contributed by atoms with Crippen molar-refractivity contribution >= 4 is 29.9 Å². The van der Waals surface area contributed by atoms with Crippen molar-refractivity contribution in [2.45, 2.75) is 52.7 Å². The Bertz CT molecular complexity index is 312. The molecule has 3 atom stereocenters. The highest BCUT2D eigenvalue weighted by Gasteiger charge is 2.23. The van der Waals surface area contributed by atoms with Gasteiger partial charge in [0, 0.05) is 38.3 Å². The molecule has 0 aromatic rings. The van der Waals surface area contributed by atoms with E-state index in [9.17, 15) is 0 Å². The Kier molecular flexibility index (Phi) is 10.6. The molecule has 1 rings (SSSR count). The molecule has 2 N–H and O–H groups in total. The predicted molar refractivity (Wildman–Crippen MR) is 101 cm³/mol. The summed E-state index contributed by atoms with van der Waals surface area (Å²) in [4.78, 5) is 6.79. The second-order valence-corrected chi connectivity index (χ2v) is 6.14. The third kappa shape index (κ3) is 7.15. The van der Waals surface area contributed by atoms with Gasteiger partial charge in [0.1, 0.15) is 0 Å². The first-order valence-corrected chi connectivity index (χ1v) is 7.76. The molecule has 0 radical (unpaired) electrons. The minimum atomic E-state index is 0. The van der Waals surface area contributed by atoms with Gasteiger partial charge in [0.15, 0.2) is 5.96 Å². The molecule has 1 saturated heterocycles. The first-order chi connectivity index (χ1) is 9.45. The smallest absolute Gasteiger partial charge is 0.191 e. The lowest BCUT2D eigenvalue weighted by Gasteiger charge is -2.38. The second kappa shape index (κ2) is 10.6. The van der Waals surface area contributed by atoms with Crippen LogP contribution < -0.4 is 10.6 Å². The van der Waals surface area contributed by atoms with Crippen LogP contribution in [0.4, 0.5) is 0 Å². The van der Waals surface area contributed by atoms with Crippen LogP contribution in [0.3, 0.4) is 0 Å². The van der Waals surface area contributed by atoms with Crippen molar-refractivity contribution in [2.24, 2.45) is 10.9 Å². The molecule has 1 heterocycles. The van der Waals surface area contributed by atoms with Crippen molar-refractivity contribution in [3.8, 4) is 0 Å². The molecular formula is C15H33IN4O. The maximum absolute atomic E-state index is 5.49. The molecule has 6 heteroatoms. The second-order valence-electron chi connectivity index (χ2n) is 6.14. The van der Waals surface area contributed by atoms with Crippen LogP contribution in [0.15, 0.2) is 4.99 Å². The highest BCUT2D eigenvalue weighted by atomic mass is 127. The molecule has 0 aromatic heterocycles. The van der Waals surface area contributed by atoms with Crippen LogP contribution in [0.5, 0.6) is 0 Å². The Morgan fingerprint density at radius 3 is 2.52 bits per heavy atom. The van der Waals surface area contributed by atoms with Crippen molar-refractivity contribution in [3.63, 3.8) is 0 Å². The molecule has 1 aliphatic heterocycles. The average Bonchev–Trinajstić information content (AvgIpc) is 2.43. The van der Waals surface area contributed by atoms with Crippen molar-refractivity contribution in [1.82, 2.24) is 15.5 Å². The Balaban J connectivity index is 0.00000400. The molecule has 0 bridgehead atoms. The van der Waals surface area contributed by atoms with Crippen molar-refractivity contribution < 1.29 is 4.74 Å². The predicted octanol–water partition coefficient (Wildman–Crippen LogP) is 1.92. The zero-order valence-electron chi connectivity index (χ0n) is 14.3. The summed E-state index contributed by atoms with van der Waals surface area (Å²) in [5, 5.41) is 6.86. The highest BCUT2D eigenvalue weighted by Crippen LogP contribution is 2.10. The maximum atomic E-state index is 5.49. The van der Waals surface area contributed by atoms with E-state index in [1.54, 1.807) is 0 Å². The van der Waals surface area contributed by atoms with E-state index in [2.05, 4.69) is 55.1 Å². The van der Waals surface area contributed by atoms with Gasteiger partial charge in [-0.05, 0) is 26.7 Å². The molecule has 21 heavy (non-hydrogen) atoms. The highest BCUT2D eigenvalue weighted by molar-refractivity contribution is 14.0. The minimum absolute atomic E-state index is 0. The van der Waals surface area contributed by atoms with Gasteiger partial charge in [0.25, 0.3) is 0 Å². The Morgan fingerprint density at radius 1 is 1.33 bits per heavy atom. The lowest BCUT2D eigenvalue weighted by Crippen LogP contribution is -2.53. The van der Waals surface area contributed by atoms with Crippen molar-refractivity contribution in [2.75, 3.05) is 33.4 Å². The number of nitrogens with zero attached hydrogens (tertiary/aromatic N) is 2. The third-order valence-corrected chi connectivity index (χ3v) is 4.14. The first-order valence-electron chi connectivity index (χ1n) is 7.76. The number of hydrogen-bond acceptors (Lipinski definition) is 3. The molecule has 0 aliphatic carbocycles. The molecule has 1 fully saturated rings. The van der Waals surface area contributed by atoms with Gasteiger partial charge >= 0.3 is 0 Å². The van der Waals surface area contributed by atoms with Crippen LogP contribution in [-0.2, 0) is 4.74 Å². The fourth-order valence-electron chi connectivity index (χ4n) is 2.33. The van der Waals surface area contributed by atoms with Gasteiger partial charge in [0.2, 0.25) is 0 Å². The van der Waals surface area contributed by atoms with Gasteiger partial charge in [-0.15, -0.1) is 24.0 Å². The maximum Gasteiger partial charge on any atom is 0.191 e. The van der Waals surface area contributed by atoms with E-state index in [1.165, 1.54) is 0 Å².